The number of hydrogen-bond donors (Lipinski definition) is 2. The maximum atomic E-state index is 13.2. The van der Waals surface area contributed by atoms with Gasteiger partial charge < -0.3 is 10.4 Å². The number of hydrogen-bond acceptors (Lipinski definition) is 4. The van der Waals surface area contributed by atoms with Crippen LogP contribution < -0.4 is 5.32 Å². The molecule has 0 saturated heterocycles. The Bertz CT molecular complexity index is 520. The Morgan fingerprint density at radius 3 is 2.67 bits per heavy atom. The summed E-state index contributed by atoms with van der Waals surface area (Å²) < 4.78 is 13.2. The van der Waals surface area contributed by atoms with E-state index in [1.54, 1.807) is 0 Å². The summed E-state index contributed by atoms with van der Waals surface area (Å²) in [6.45, 7) is 4.19. The number of carboxylic acids is 1. The average Bonchev–Trinajstić information content (AvgIpc) is 2.34. The number of carbonyl (C=O) groups is 1. The van der Waals surface area contributed by atoms with Gasteiger partial charge in [-0.1, -0.05) is 13.8 Å². The topological polar surface area (TPSA) is 92.5 Å². The fourth-order valence-electron chi connectivity index (χ4n) is 2.22. The van der Waals surface area contributed by atoms with E-state index in [4.69, 9.17) is 5.11 Å². The molecule has 0 aliphatic heterocycles. The van der Waals surface area contributed by atoms with Gasteiger partial charge in [0, 0.05) is 25.1 Å². The number of nitrogens with one attached hydrogen (secondary N) is 1. The van der Waals surface area contributed by atoms with E-state index < -0.39 is 16.7 Å². The molecule has 0 radical (unpaired) electrons. The first-order valence-electron chi connectivity index (χ1n) is 6.69. The number of nitro benzene ring substituents is 1. The van der Waals surface area contributed by atoms with Gasteiger partial charge in [0.2, 0.25) is 0 Å². The van der Waals surface area contributed by atoms with Gasteiger partial charge >= 0.3 is 5.97 Å². The summed E-state index contributed by atoms with van der Waals surface area (Å²) >= 11 is 0. The first-order chi connectivity index (χ1) is 9.79. The highest BCUT2D eigenvalue weighted by Crippen LogP contribution is 2.26. The van der Waals surface area contributed by atoms with Crippen LogP contribution in [-0.2, 0) is 4.79 Å². The second-order valence-corrected chi connectivity index (χ2v) is 5.39. The minimum atomic E-state index is -0.920. The molecule has 1 unspecified atom stereocenters. The van der Waals surface area contributed by atoms with Crippen molar-refractivity contribution < 1.29 is 19.2 Å². The molecule has 1 atom stereocenters. The van der Waals surface area contributed by atoms with Crippen LogP contribution in [0.5, 0.6) is 0 Å². The molecule has 0 spiro atoms. The fourth-order valence-corrected chi connectivity index (χ4v) is 2.22. The molecule has 0 heterocycles. The van der Waals surface area contributed by atoms with Crippen LogP contribution in [0.25, 0.3) is 0 Å². The van der Waals surface area contributed by atoms with Crippen molar-refractivity contribution >= 4 is 17.3 Å². The average molecular weight is 298 g/mol. The summed E-state index contributed by atoms with van der Waals surface area (Å²) in [5.74, 6) is -1.37. The Morgan fingerprint density at radius 1 is 1.48 bits per heavy atom. The molecular weight excluding hydrogens is 279 g/mol. The monoisotopic (exact) mass is 298 g/mol. The SMILES string of the molecule is CC(C)CC(CNc1cc(F)ccc1[N+](=O)[O-])CC(=O)O. The summed E-state index contributed by atoms with van der Waals surface area (Å²) in [6, 6.07) is 3.16. The third-order valence-electron chi connectivity index (χ3n) is 3.00. The standard InChI is InChI=1S/C14H19FN2O4/c1-9(2)5-10(6-14(18)19)8-16-12-7-11(15)3-4-13(12)17(20)21/h3-4,7,9-10,16H,5-6,8H2,1-2H3,(H,18,19). The van der Waals surface area contributed by atoms with E-state index in [0.29, 0.717) is 12.3 Å². The quantitative estimate of drug-likeness (QED) is 0.567. The van der Waals surface area contributed by atoms with E-state index in [2.05, 4.69) is 5.32 Å². The molecule has 0 fully saturated rings. The molecule has 0 aliphatic rings. The van der Waals surface area contributed by atoms with Crippen LogP contribution in [0.1, 0.15) is 26.7 Å². The Kier molecular flexibility index (Phi) is 6.08. The molecule has 2 N–H and O–H groups in total. The lowest BCUT2D eigenvalue weighted by atomic mass is 9.94. The van der Waals surface area contributed by atoms with Gasteiger partial charge in [0.1, 0.15) is 11.5 Å². The number of halogens is 1. The van der Waals surface area contributed by atoms with Gasteiger partial charge in [-0.15, -0.1) is 0 Å². The number of benzene rings is 1. The van der Waals surface area contributed by atoms with Crippen molar-refractivity contribution in [1.29, 1.82) is 0 Å². The molecule has 7 heteroatoms. The first kappa shape index (κ1) is 16.9. The van der Waals surface area contributed by atoms with Gasteiger partial charge in [0.15, 0.2) is 0 Å². The molecule has 0 bridgehead atoms. The van der Waals surface area contributed by atoms with Crippen molar-refractivity contribution in [1.82, 2.24) is 0 Å². The van der Waals surface area contributed by atoms with Gasteiger partial charge in [-0.05, 0) is 24.3 Å². The summed E-state index contributed by atoms with van der Waals surface area (Å²) in [7, 11) is 0. The highest BCUT2D eigenvalue weighted by atomic mass is 19.1. The highest BCUT2D eigenvalue weighted by Gasteiger charge is 2.18. The van der Waals surface area contributed by atoms with Crippen molar-refractivity contribution in [3.8, 4) is 0 Å². The van der Waals surface area contributed by atoms with E-state index in [9.17, 15) is 19.3 Å². The van der Waals surface area contributed by atoms with Crippen molar-refractivity contribution in [2.24, 2.45) is 11.8 Å². The Labute approximate surface area is 122 Å². The van der Waals surface area contributed by atoms with Gasteiger partial charge in [0.05, 0.1) is 4.92 Å². The van der Waals surface area contributed by atoms with Gasteiger partial charge in [-0.3, -0.25) is 14.9 Å². The minimum Gasteiger partial charge on any atom is -0.481 e. The van der Waals surface area contributed by atoms with Crippen molar-refractivity contribution in [3.05, 3.63) is 34.1 Å². The number of carboxylic acid groups (broad SMARTS) is 1. The number of nitro groups is 1. The summed E-state index contributed by atoms with van der Waals surface area (Å²) in [5.41, 5.74) is -0.158. The molecular formula is C14H19FN2O4. The molecule has 1 aromatic carbocycles. The minimum absolute atomic E-state index is 0.0334. The normalized spacial score (nSPS) is 12.2. The Morgan fingerprint density at radius 2 is 2.14 bits per heavy atom. The predicted octanol–water partition coefficient (Wildman–Crippen LogP) is 3.28. The van der Waals surface area contributed by atoms with E-state index in [1.165, 1.54) is 0 Å². The summed E-state index contributed by atoms with van der Waals surface area (Å²) in [4.78, 5) is 21.1. The van der Waals surface area contributed by atoms with Crippen LogP contribution in [0.15, 0.2) is 18.2 Å². The maximum absolute atomic E-state index is 13.2. The van der Waals surface area contributed by atoms with Crippen molar-refractivity contribution in [3.63, 3.8) is 0 Å². The van der Waals surface area contributed by atoms with Crippen LogP contribution in [0.2, 0.25) is 0 Å². The lowest BCUT2D eigenvalue weighted by Crippen LogP contribution is -2.20. The Balaban J connectivity index is 2.81. The lowest BCUT2D eigenvalue weighted by Gasteiger charge is -2.18. The fraction of sp³-hybridized carbons (Fsp3) is 0.500. The number of nitrogens with zero attached hydrogens (tertiary/aromatic N) is 1. The largest absolute Gasteiger partial charge is 0.481 e. The van der Waals surface area contributed by atoms with E-state index in [-0.39, 0.29) is 30.3 Å². The zero-order chi connectivity index (χ0) is 16.0. The van der Waals surface area contributed by atoms with Crippen molar-refractivity contribution in [2.45, 2.75) is 26.7 Å². The van der Waals surface area contributed by atoms with E-state index >= 15 is 0 Å². The van der Waals surface area contributed by atoms with Gasteiger partial charge in [-0.2, -0.15) is 0 Å². The van der Waals surface area contributed by atoms with Crippen molar-refractivity contribution in [2.75, 3.05) is 11.9 Å². The molecule has 1 rings (SSSR count). The molecule has 116 valence electrons. The third kappa shape index (κ3) is 5.76. The number of anilines is 1. The second kappa shape index (κ2) is 7.56. The van der Waals surface area contributed by atoms with Crippen LogP contribution >= 0.6 is 0 Å². The smallest absolute Gasteiger partial charge is 0.303 e. The molecule has 21 heavy (non-hydrogen) atoms. The van der Waals surface area contributed by atoms with E-state index in [0.717, 1.165) is 18.2 Å². The van der Waals surface area contributed by atoms with Crippen LogP contribution in [0.3, 0.4) is 0 Å². The molecule has 0 saturated carbocycles. The van der Waals surface area contributed by atoms with Crippen LogP contribution in [-0.4, -0.2) is 22.5 Å². The van der Waals surface area contributed by atoms with Crippen LogP contribution in [0, 0.1) is 27.8 Å². The van der Waals surface area contributed by atoms with E-state index in [1.807, 2.05) is 13.8 Å². The van der Waals surface area contributed by atoms with Gasteiger partial charge in [-0.25, -0.2) is 4.39 Å². The molecule has 1 aromatic rings. The first-order valence-corrected chi connectivity index (χ1v) is 6.69. The number of aliphatic carboxylic acids is 1. The molecule has 6 nitrogen and oxygen atoms in total. The third-order valence-corrected chi connectivity index (χ3v) is 3.00. The van der Waals surface area contributed by atoms with Gasteiger partial charge in [0.25, 0.3) is 5.69 Å². The summed E-state index contributed by atoms with van der Waals surface area (Å²) in [5, 5.41) is 22.6. The second-order valence-electron chi connectivity index (χ2n) is 5.39. The molecule has 0 aliphatic carbocycles. The molecule has 0 amide bonds. The summed E-state index contributed by atoms with van der Waals surface area (Å²) in [6.07, 6.45) is 0.636. The molecule has 0 aromatic heterocycles. The number of rotatable bonds is 8. The zero-order valence-corrected chi connectivity index (χ0v) is 12.0. The highest BCUT2D eigenvalue weighted by molar-refractivity contribution is 5.67. The maximum Gasteiger partial charge on any atom is 0.303 e. The predicted molar refractivity (Wildman–Crippen MR) is 76.7 cm³/mol. The Hall–Kier alpha value is -2.18. The lowest BCUT2D eigenvalue weighted by molar-refractivity contribution is -0.384. The van der Waals surface area contributed by atoms with Crippen LogP contribution in [0.4, 0.5) is 15.8 Å². The zero-order valence-electron chi connectivity index (χ0n) is 12.0.